The van der Waals surface area contributed by atoms with Crippen LogP contribution < -0.4 is 4.31 Å². The number of carbonyl (C=O) groups excluding carboxylic acids is 1. The Hall–Kier alpha value is -1.25. The average molecular weight is 330 g/mol. The lowest BCUT2D eigenvalue weighted by Gasteiger charge is -2.33. The van der Waals surface area contributed by atoms with Gasteiger partial charge in [0.15, 0.2) is 0 Å². The van der Waals surface area contributed by atoms with Crippen LogP contribution in [0.1, 0.15) is 6.42 Å². The number of rotatable bonds is 5. The van der Waals surface area contributed by atoms with Gasteiger partial charge < -0.3 is 4.74 Å². The van der Waals surface area contributed by atoms with Gasteiger partial charge in [0, 0.05) is 30.8 Å². The Bertz CT molecular complexity index is 618. The van der Waals surface area contributed by atoms with E-state index in [-0.39, 0.29) is 13.0 Å². The summed E-state index contributed by atoms with van der Waals surface area (Å²) in [5.74, 6) is 0.285. The molecular formula is C13H18N2O4S2. The fourth-order valence-electron chi connectivity index (χ4n) is 2.02. The first-order valence-corrected chi connectivity index (χ1v) is 8.87. The monoisotopic (exact) mass is 330 g/mol. The maximum atomic E-state index is 12.6. The minimum absolute atomic E-state index is 0.0382. The van der Waals surface area contributed by atoms with Crippen molar-refractivity contribution in [3.8, 4) is 0 Å². The molecule has 0 fully saturated rings. The highest BCUT2D eigenvalue weighted by Crippen LogP contribution is 2.36. The van der Waals surface area contributed by atoms with E-state index >= 15 is 0 Å². The highest BCUT2D eigenvalue weighted by atomic mass is 32.2. The second-order valence-corrected chi connectivity index (χ2v) is 7.64. The summed E-state index contributed by atoms with van der Waals surface area (Å²) in [5, 5.41) is 0. The Balaban J connectivity index is 2.18. The van der Waals surface area contributed by atoms with Crippen molar-refractivity contribution in [1.29, 1.82) is 0 Å². The van der Waals surface area contributed by atoms with Crippen molar-refractivity contribution in [1.82, 2.24) is 4.31 Å². The molecule has 0 saturated heterocycles. The lowest BCUT2D eigenvalue weighted by molar-refractivity contribution is -0.140. The first kappa shape index (κ1) is 16.1. The molecular weight excluding hydrogens is 312 g/mol. The van der Waals surface area contributed by atoms with Crippen LogP contribution in [0.15, 0.2) is 29.2 Å². The number of thioether (sulfide) groups is 1. The van der Waals surface area contributed by atoms with E-state index in [1.165, 1.54) is 22.8 Å². The van der Waals surface area contributed by atoms with Crippen molar-refractivity contribution in [3.63, 3.8) is 0 Å². The van der Waals surface area contributed by atoms with Crippen LogP contribution in [0.2, 0.25) is 0 Å². The van der Waals surface area contributed by atoms with Gasteiger partial charge in [0.25, 0.3) is 0 Å². The Labute approximate surface area is 129 Å². The zero-order chi connectivity index (χ0) is 15.5. The summed E-state index contributed by atoms with van der Waals surface area (Å²) in [6.07, 6.45) is 0.0382. The summed E-state index contributed by atoms with van der Waals surface area (Å²) in [7, 11) is -0.872. The minimum Gasteiger partial charge on any atom is -0.469 e. The molecule has 1 aliphatic rings. The van der Waals surface area contributed by atoms with E-state index in [0.29, 0.717) is 18.0 Å². The molecule has 0 aliphatic carbocycles. The molecule has 1 aliphatic heterocycles. The average Bonchev–Trinajstić information content (AvgIpc) is 2.51. The highest BCUT2D eigenvalue weighted by molar-refractivity contribution is 7.99. The van der Waals surface area contributed by atoms with Gasteiger partial charge in [-0.25, -0.2) is 0 Å². The smallest absolute Gasteiger partial charge is 0.306 e. The van der Waals surface area contributed by atoms with Crippen LogP contribution in [-0.4, -0.2) is 51.7 Å². The van der Waals surface area contributed by atoms with Gasteiger partial charge in [-0.3, -0.25) is 9.10 Å². The van der Waals surface area contributed by atoms with Crippen LogP contribution in [0.5, 0.6) is 0 Å². The molecule has 0 atom stereocenters. The molecule has 0 aromatic heterocycles. The van der Waals surface area contributed by atoms with Gasteiger partial charge in [-0.2, -0.15) is 12.7 Å². The first-order valence-electron chi connectivity index (χ1n) is 6.49. The lowest BCUT2D eigenvalue weighted by Crippen LogP contribution is -2.45. The Kier molecular flexibility index (Phi) is 5.13. The fraction of sp³-hybridized carbons (Fsp3) is 0.462. The molecule has 8 heteroatoms. The van der Waals surface area contributed by atoms with Crippen LogP contribution in [0.3, 0.4) is 0 Å². The first-order chi connectivity index (χ1) is 9.96. The fourth-order valence-corrected chi connectivity index (χ4v) is 4.57. The van der Waals surface area contributed by atoms with Gasteiger partial charge >= 0.3 is 16.2 Å². The van der Waals surface area contributed by atoms with Gasteiger partial charge in [0.2, 0.25) is 0 Å². The zero-order valence-electron chi connectivity index (χ0n) is 12.0. The number of methoxy groups -OCH3 is 1. The van der Waals surface area contributed by atoms with Gasteiger partial charge in [-0.1, -0.05) is 12.1 Å². The van der Waals surface area contributed by atoms with Gasteiger partial charge in [0.1, 0.15) is 0 Å². The summed E-state index contributed by atoms with van der Waals surface area (Å²) in [6.45, 7) is 0.521. The van der Waals surface area contributed by atoms with Gasteiger partial charge in [0.05, 0.1) is 19.2 Å². The van der Waals surface area contributed by atoms with E-state index in [1.807, 2.05) is 18.2 Å². The number of hydrogen-bond donors (Lipinski definition) is 0. The van der Waals surface area contributed by atoms with Crippen molar-refractivity contribution in [2.24, 2.45) is 0 Å². The third-order valence-corrected chi connectivity index (χ3v) is 6.17. The number of carbonyl (C=O) groups is 1. The Morgan fingerprint density at radius 3 is 2.86 bits per heavy atom. The minimum atomic E-state index is -3.63. The molecule has 0 N–H and O–H groups in total. The third kappa shape index (κ3) is 3.50. The molecule has 0 unspecified atom stereocenters. The molecule has 1 aromatic carbocycles. The normalized spacial score (nSPS) is 14.9. The van der Waals surface area contributed by atoms with Crippen molar-refractivity contribution >= 4 is 33.6 Å². The van der Waals surface area contributed by atoms with Crippen LogP contribution in [0, 0.1) is 0 Å². The number of para-hydroxylation sites is 1. The lowest BCUT2D eigenvalue weighted by atomic mass is 10.3. The Morgan fingerprint density at radius 2 is 2.14 bits per heavy atom. The molecule has 0 radical (unpaired) electrons. The van der Waals surface area contributed by atoms with E-state index in [4.69, 9.17) is 0 Å². The predicted molar refractivity (Wildman–Crippen MR) is 82.7 cm³/mol. The summed E-state index contributed by atoms with van der Waals surface area (Å²) in [5.41, 5.74) is 0.693. The molecule has 1 aromatic rings. The standard InChI is InChI=1S/C13H18N2O4S2/c1-14(8-7-13(16)19-2)21(17,18)15-9-10-20-12-6-4-3-5-11(12)15/h3-6H,7-10H2,1-2H3. The summed E-state index contributed by atoms with van der Waals surface area (Å²) in [6, 6.07) is 7.42. The van der Waals surface area contributed by atoms with E-state index in [0.717, 1.165) is 4.90 Å². The topological polar surface area (TPSA) is 66.9 Å². The molecule has 2 rings (SSSR count). The summed E-state index contributed by atoms with van der Waals surface area (Å²) >= 11 is 1.64. The molecule has 0 spiro atoms. The maximum Gasteiger partial charge on any atom is 0.306 e. The molecule has 0 saturated carbocycles. The summed E-state index contributed by atoms with van der Waals surface area (Å²) < 4.78 is 32.4. The van der Waals surface area contributed by atoms with Crippen LogP contribution in [0.25, 0.3) is 0 Å². The second kappa shape index (κ2) is 6.67. The highest BCUT2D eigenvalue weighted by Gasteiger charge is 2.31. The number of nitrogens with zero attached hydrogens (tertiary/aromatic N) is 2. The molecule has 0 amide bonds. The van der Waals surface area contributed by atoms with Crippen LogP contribution in [-0.2, 0) is 19.7 Å². The number of benzene rings is 1. The number of ether oxygens (including phenoxy) is 1. The zero-order valence-corrected chi connectivity index (χ0v) is 13.6. The number of hydrogen-bond acceptors (Lipinski definition) is 5. The van der Waals surface area contributed by atoms with Gasteiger partial charge in [-0.05, 0) is 12.1 Å². The Morgan fingerprint density at radius 1 is 1.43 bits per heavy atom. The van der Waals surface area contributed by atoms with E-state index in [9.17, 15) is 13.2 Å². The van der Waals surface area contributed by atoms with E-state index < -0.39 is 16.2 Å². The van der Waals surface area contributed by atoms with Gasteiger partial charge in [-0.15, -0.1) is 11.8 Å². The quantitative estimate of drug-likeness (QED) is 0.762. The molecule has 0 bridgehead atoms. The summed E-state index contributed by atoms with van der Waals surface area (Å²) in [4.78, 5) is 12.1. The van der Waals surface area contributed by atoms with Crippen molar-refractivity contribution in [2.75, 3.05) is 37.3 Å². The number of esters is 1. The predicted octanol–water partition coefficient (Wildman–Crippen LogP) is 1.34. The third-order valence-electron chi connectivity index (χ3n) is 3.22. The SMILES string of the molecule is COC(=O)CCN(C)S(=O)(=O)N1CCSc2ccccc21. The van der Waals surface area contributed by atoms with E-state index in [2.05, 4.69) is 4.74 Å². The molecule has 6 nitrogen and oxygen atoms in total. The number of anilines is 1. The largest absolute Gasteiger partial charge is 0.469 e. The van der Waals surface area contributed by atoms with Crippen LogP contribution >= 0.6 is 11.8 Å². The molecule has 116 valence electrons. The second-order valence-electron chi connectivity index (χ2n) is 4.54. The molecule has 21 heavy (non-hydrogen) atoms. The maximum absolute atomic E-state index is 12.6. The van der Waals surface area contributed by atoms with Crippen LogP contribution in [0.4, 0.5) is 5.69 Å². The van der Waals surface area contributed by atoms with Crippen molar-refractivity contribution in [2.45, 2.75) is 11.3 Å². The van der Waals surface area contributed by atoms with Crippen molar-refractivity contribution in [3.05, 3.63) is 24.3 Å². The molecule has 1 heterocycles. The van der Waals surface area contributed by atoms with E-state index in [1.54, 1.807) is 17.8 Å². The number of fused-ring (bicyclic) bond motifs is 1. The van der Waals surface area contributed by atoms with Crippen molar-refractivity contribution < 1.29 is 17.9 Å².